The fraction of sp³-hybridized carbons (Fsp3) is 0.467. The molecular weight excluding hydrogens is 368 g/mol. The van der Waals surface area contributed by atoms with Crippen LogP contribution < -0.4 is 14.2 Å². The molecule has 0 amide bonds. The fourth-order valence-electron chi connectivity index (χ4n) is 3.08. The van der Waals surface area contributed by atoms with Gasteiger partial charge in [0, 0.05) is 18.7 Å². The van der Waals surface area contributed by atoms with Crippen LogP contribution in [0.15, 0.2) is 17.0 Å². The van der Waals surface area contributed by atoms with Gasteiger partial charge >= 0.3 is 0 Å². The zero-order valence-electron chi connectivity index (χ0n) is 13.5. The first-order valence-corrected chi connectivity index (χ1v) is 9.83. The molecule has 1 atom stereocenters. The number of nitrogens with one attached hydrogen (secondary N) is 1. The summed E-state index contributed by atoms with van der Waals surface area (Å²) in [5.41, 5.74) is 0. The molecule has 0 fully saturated rings. The average Bonchev–Trinajstić information content (AvgIpc) is 2.95. The summed E-state index contributed by atoms with van der Waals surface area (Å²) < 4.78 is 41.1. The van der Waals surface area contributed by atoms with Crippen molar-refractivity contribution in [2.24, 2.45) is 0 Å². The third-order valence-corrected chi connectivity index (χ3v) is 6.10. The highest BCUT2D eigenvalue weighted by molar-refractivity contribution is 7.89. The number of halogens is 1. The summed E-state index contributed by atoms with van der Waals surface area (Å²) in [6, 6.07) is 2.43. The van der Waals surface area contributed by atoms with E-state index < -0.39 is 16.1 Å². The molecule has 2 aliphatic heterocycles. The molecule has 2 aliphatic rings. The van der Waals surface area contributed by atoms with Gasteiger partial charge in [-0.05, 0) is 19.8 Å². The first kappa shape index (κ1) is 16.6. The molecule has 1 unspecified atom stereocenters. The second-order valence-electron chi connectivity index (χ2n) is 5.98. The zero-order valence-corrected chi connectivity index (χ0v) is 15.1. The Morgan fingerprint density at radius 3 is 2.76 bits per heavy atom. The number of rotatable bonds is 3. The Hall–Kier alpha value is -1.84. The van der Waals surface area contributed by atoms with Crippen LogP contribution in [0.2, 0.25) is 5.02 Å². The van der Waals surface area contributed by atoms with Crippen LogP contribution in [0.3, 0.4) is 0 Å². The lowest BCUT2D eigenvalue weighted by Gasteiger charge is -2.24. The largest absolute Gasteiger partial charge is 0.486 e. The first-order valence-electron chi connectivity index (χ1n) is 7.97. The smallest absolute Gasteiger partial charge is 0.242 e. The molecule has 0 saturated heterocycles. The van der Waals surface area contributed by atoms with Gasteiger partial charge in [0.05, 0.1) is 11.1 Å². The molecule has 2 aromatic rings. The second-order valence-corrected chi connectivity index (χ2v) is 8.07. The van der Waals surface area contributed by atoms with Crippen molar-refractivity contribution in [2.75, 3.05) is 13.2 Å². The van der Waals surface area contributed by atoms with Gasteiger partial charge in [0.1, 0.15) is 29.8 Å². The second kappa shape index (κ2) is 6.15. The number of hydrogen-bond donors (Lipinski definition) is 1. The highest BCUT2D eigenvalue weighted by Gasteiger charge is 2.30. The summed E-state index contributed by atoms with van der Waals surface area (Å²) in [5, 5.41) is 4.38. The maximum absolute atomic E-state index is 12.9. The molecule has 3 heterocycles. The van der Waals surface area contributed by atoms with Gasteiger partial charge < -0.3 is 9.47 Å². The van der Waals surface area contributed by atoms with Crippen LogP contribution in [-0.4, -0.2) is 36.4 Å². The Labute approximate surface area is 150 Å². The van der Waals surface area contributed by atoms with Gasteiger partial charge in [-0.1, -0.05) is 11.6 Å². The minimum Gasteiger partial charge on any atom is -0.486 e. The van der Waals surface area contributed by atoms with E-state index in [2.05, 4.69) is 14.8 Å². The lowest BCUT2D eigenvalue weighted by molar-refractivity contribution is 0.171. The van der Waals surface area contributed by atoms with Gasteiger partial charge in [0.25, 0.3) is 0 Å². The van der Waals surface area contributed by atoms with E-state index in [-0.39, 0.29) is 9.92 Å². The molecule has 1 aromatic carbocycles. The molecule has 8 nitrogen and oxygen atoms in total. The zero-order chi connectivity index (χ0) is 17.6. The number of ether oxygens (including phenoxy) is 2. The quantitative estimate of drug-likeness (QED) is 0.867. The normalized spacial score (nSPS) is 19.5. The van der Waals surface area contributed by atoms with E-state index >= 15 is 0 Å². The summed E-state index contributed by atoms with van der Waals surface area (Å²) in [4.78, 5) is 4.31. The van der Waals surface area contributed by atoms with E-state index in [1.807, 2.05) is 0 Å². The highest BCUT2D eigenvalue weighted by Crippen LogP contribution is 2.38. The van der Waals surface area contributed by atoms with Crippen molar-refractivity contribution >= 4 is 21.6 Å². The Morgan fingerprint density at radius 2 is 2.00 bits per heavy atom. The van der Waals surface area contributed by atoms with Crippen LogP contribution in [0.5, 0.6) is 11.5 Å². The Balaban J connectivity index is 1.67. The van der Waals surface area contributed by atoms with Gasteiger partial charge in [-0.15, -0.1) is 0 Å². The Bertz CT molecular complexity index is 928. The number of aryl methyl sites for hydroxylation is 2. The number of sulfonamides is 1. The topological polar surface area (TPSA) is 95.3 Å². The molecule has 134 valence electrons. The predicted octanol–water partition coefficient (Wildman–Crippen LogP) is 1.82. The maximum Gasteiger partial charge on any atom is 0.242 e. The summed E-state index contributed by atoms with van der Waals surface area (Å²) in [7, 11) is -3.86. The third kappa shape index (κ3) is 3.07. The van der Waals surface area contributed by atoms with E-state index in [1.54, 1.807) is 11.6 Å². The van der Waals surface area contributed by atoms with E-state index in [9.17, 15) is 8.42 Å². The summed E-state index contributed by atoms with van der Waals surface area (Å²) in [5.74, 6) is 2.07. The summed E-state index contributed by atoms with van der Waals surface area (Å²) >= 11 is 6.18. The van der Waals surface area contributed by atoms with Crippen LogP contribution in [0.25, 0.3) is 0 Å². The van der Waals surface area contributed by atoms with Crippen molar-refractivity contribution in [3.63, 3.8) is 0 Å². The van der Waals surface area contributed by atoms with E-state index in [0.717, 1.165) is 13.0 Å². The molecule has 0 aliphatic carbocycles. The first-order chi connectivity index (χ1) is 11.9. The molecule has 0 bridgehead atoms. The third-order valence-electron chi connectivity index (χ3n) is 4.16. The van der Waals surface area contributed by atoms with Crippen molar-refractivity contribution in [1.29, 1.82) is 0 Å². The van der Waals surface area contributed by atoms with Crippen LogP contribution >= 0.6 is 11.6 Å². The van der Waals surface area contributed by atoms with Crippen LogP contribution in [-0.2, 0) is 16.6 Å². The SMILES string of the molecule is Cc1nc2n(n1)CCCC2NS(=O)(=O)c1cc2c(cc1Cl)OCCO2. The van der Waals surface area contributed by atoms with E-state index in [4.69, 9.17) is 21.1 Å². The van der Waals surface area contributed by atoms with Crippen molar-refractivity contribution in [3.05, 3.63) is 28.8 Å². The molecule has 0 saturated carbocycles. The molecule has 0 radical (unpaired) electrons. The molecular formula is C15H17ClN4O4S. The van der Waals surface area contributed by atoms with E-state index in [0.29, 0.717) is 42.8 Å². The van der Waals surface area contributed by atoms with Crippen LogP contribution in [0, 0.1) is 6.92 Å². The standard InChI is InChI=1S/C15H17ClN4O4S/c1-9-17-15-11(3-2-4-20(15)18-9)19-25(21,22)14-8-13-12(7-10(14)16)23-5-6-24-13/h7-8,11,19H,2-6H2,1H3. The Kier molecular flexibility index (Phi) is 4.09. The summed E-state index contributed by atoms with van der Waals surface area (Å²) in [6.45, 7) is 3.30. The summed E-state index contributed by atoms with van der Waals surface area (Å²) in [6.07, 6.45) is 1.47. The van der Waals surface area contributed by atoms with Crippen LogP contribution in [0.4, 0.5) is 0 Å². The lowest BCUT2D eigenvalue weighted by atomic mass is 10.1. The number of fused-ring (bicyclic) bond motifs is 2. The van der Waals surface area contributed by atoms with Crippen molar-refractivity contribution in [3.8, 4) is 11.5 Å². The van der Waals surface area contributed by atoms with Crippen molar-refractivity contribution < 1.29 is 17.9 Å². The molecule has 0 spiro atoms. The average molecular weight is 385 g/mol. The maximum atomic E-state index is 12.9. The molecule has 1 aromatic heterocycles. The number of nitrogens with zero attached hydrogens (tertiary/aromatic N) is 3. The molecule has 25 heavy (non-hydrogen) atoms. The van der Waals surface area contributed by atoms with Gasteiger partial charge in [0.2, 0.25) is 10.0 Å². The van der Waals surface area contributed by atoms with Gasteiger partial charge in [-0.3, -0.25) is 0 Å². The molecule has 4 rings (SSSR count). The predicted molar refractivity (Wildman–Crippen MR) is 89.5 cm³/mol. The Morgan fingerprint density at radius 1 is 1.28 bits per heavy atom. The van der Waals surface area contributed by atoms with Gasteiger partial charge in [-0.25, -0.2) is 22.8 Å². The monoisotopic (exact) mass is 384 g/mol. The minimum atomic E-state index is -3.86. The van der Waals surface area contributed by atoms with Crippen LogP contribution in [0.1, 0.15) is 30.5 Å². The number of hydrogen-bond acceptors (Lipinski definition) is 6. The highest BCUT2D eigenvalue weighted by atomic mass is 35.5. The van der Waals surface area contributed by atoms with Crippen molar-refractivity contribution in [2.45, 2.75) is 37.2 Å². The fourth-order valence-corrected chi connectivity index (χ4v) is 4.84. The van der Waals surface area contributed by atoms with Crippen molar-refractivity contribution in [1.82, 2.24) is 19.5 Å². The number of aromatic nitrogens is 3. The number of benzene rings is 1. The van der Waals surface area contributed by atoms with E-state index in [1.165, 1.54) is 12.1 Å². The lowest BCUT2D eigenvalue weighted by Crippen LogP contribution is -2.33. The molecule has 1 N–H and O–H groups in total. The molecule has 10 heteroatoms. The van der Waals surface area contributed by atoms with Gasteiger partial charge in [0.15, 0.2) is 11.5 Å². The van der Waals surface area contributed by atoms with Gasteiger partial charge in [-0.2, -0.15) is 5.10 Å². The minimum absolute atomic E-state index is 0.0354.